The molecule has 0 aliphatic carbocycles. The molecule has 126 valence electrons. The van der Waals surface area contributed by atoms with Gasteiger partial charge in [0.2, 0.25) is 0 Å². The molecule has 3 aromatic rings. The number of pyridine rings is 1. The minimum absolute atomic E-state index is 0.288. The highest BCUT2D eigenvalue weighted by Gasteiger charge is 2.35. The standard InChI is InChI=1S/C12H4ClF6N5/c13-6-1-5(11(14,15)16)3-20-9(6)7-2-8(12(17,18)19)23-10-21-4-22-24(7)10/h1-4H. The van der Waals surface area contributed by atoms with Gasteiger partial charge >= 0.3 is 12.4 Å². The highest BCUT2D eigenvalue weighted by Crippen LogP contribution is 2.35. The van der Waals surface area contributed by atoms with Crippen molar-refractivity contribution in [3.8, 4) is 11.4 Å². The van der Waals surface area contributed by atoms with Crippen molar-refractivity contribution >= 4 is 17.4 Å². The molecule has 12 heteroatoms. The van der Waals surface area contributed by atoms with Crippen LogP contribution in [0.4, 0.5) is 26.3 Å². The number of nitrogens with zero attached hydrogens (tertiary/aromatic N) is 5. The van der Waals surface area contributed by atoms with Crippen LogP contribution in [0.3, 0.4) is 0 Å². The maximum atomic E-state index is 12.9. The monoisotopic (exact) mass is 367 g/mol. The molecule has 24 heavy (non-hydrogen) atoms. The van der Waals surface area contributed by atoms with E-state index in [1.54, 1.807) is 0 Å². The molecular formula is C12H4ClF6N5. The van der Waals surface area contributed by atoms with Gasteiger partial charge in [-0.3, -0.25) is 4.98 Å². The van der Waals surface area contributed by atoms with Crippen LogP contribution >= 0.6 is 11.6 Å². The van der Waals surface area contributed by atoms with Crippen LogP contribution in [0, 0.1) is 0 Å². The van der Waals surface area contributed by atoms with Gasteiger partial charge < -0.3 is 0 Å². The summed E-state index contributed by atoms with van der Waals surface area (Å²) in [5, 5.41) is 3.20. The maximum Gasteiger partial charge on any atom is 0.433 e. The molecule has 0 aliphatic heterocycles. The first kappa shape index (κ1) is 16.4. The van der Waals surface area contributed by atoms with E-state index in [0.717, 1.165) is 10.8 Å². The summed E-state index contributed by atoms with van der Waals surface area (Å²) in [6, 6.07) is 1.16. The van der Waals surface area contributed by atoms with Gasteiger partial charge in [-0.2, -0.15) is 40.9 Å². The summed E-state index contributed by atoms with van der Waals surface area (Å²) in [4.78, 5) is 10.4. The number of fused-ring (bicyclic) bond motifs is 1. The van der Waals surface area contributed by atoms with Crippen LogP contribution in [-0.2, 0) is 12.4 Å². The first-order valence-corrected chi connectivity index (χ1v) is 6.46. The normalized spacial score (nSPS) is 12.8. The molecule has 3 rings (SSSR count). The van der Waals surface area contributed by atoms with E-state index in [1.165, 1.54) is 0 Å². The summed E-state index contributed by atoms with van der Waals surface area (Å²) >= 11 is 5.78. The Morgan fingerprint density at radius 2 is 1.67 bits per heavy atom. The molecule has 0 bridgehead atoms. The predicted molar refractivity (Wildman–Crippen MR) is 69.0 cm³/mol. The van der Waals surface area contributed by atoms with Crippen LogP contribution in [0.1, 0.15) is 11.3 Å². The van der Waals surface area contributed by atoms with Gasteiger partial charge in [0, 0.05) is 6.20 Å². The largest absolute Gasteiger partial charge is 0.433 e. The number of aromatic nitrogens is 5. The SMILES string of the molecule is FC(F)(F)c1cnc(-c2cc(C(F)(F)F)nc3ncnn23)c(Cl)c1. The van der Waals surface area contributed by atoms with Gasteiger partial charge in [0.1, 0.15) is 12.0 Å². The Bertz CT molecular complexity index is 916. The van der Waals surface area contributed by atoms with E-state index in [1.807, 2.05) is 0 Å². The Hall–Kier alpha value is -2.43. The third-order valence-corrected chi connectivity index (χ3v) is 3.24. The van der Waals surface area contributed by atoms with Crippen molar-refractivity contribution in [2.24, 2.45) is 0 Å². The molecule has 0 amide bonds. The lowest BCUT2D eigenvalue weighted by atomic mass is 10.2. The summed E-state index contributed by atoms with van der Waals surface area (Å²) in [7, 11) is 0. The third-order valence-electron chi connectivity index (χ3n) is 2.95. The smallest absolute Gasteiger partial charge is 0.252 e. The van der Waals surface area contributed by atoms with Crippen molar-refractivity contribution in [2.75, 3.05) is 0 Å². The lowest BCUT2D eigenvalue weighted by Crippen LogP contribution is -2.12. The molecule has 3 heterocycles. The van der Waals surface area contributed by atoms with E-state index in [0.29, 0.717) is 18.3 Å². The summed E-state index contributed by atoms with van der Waals surface area (Å²) in [6.45, 7) is 0. The molecule has 0 atom stereocenters. The third kappa shape index (κ3) is 2.86. The second-order valence-electron chi connectivity index (χ2n) is 4.55. The van der Waals surface area contributed by atoms with Crippen molar-refractivity contribution in [3.63, 3.8) is 0 Å². The van der Waals surface area contributed by atoms with Crippen LogP contribution in [0.5, 0.6) is 0 Å². The molecule has 0 radical (unpaired) electrons. The Balaban J connectivity index is 2.24. The zero-order valence-electron chi connectivity index (χ0n) is 11.2. The number of alkyl halides is 6. The molecule has 0 fully saturated rings. The molecule has 0 saturated carbocycles. The predicted octanol–water partition coefficient (Wildman–Crippen LogP) is 3.88. The van der Waals surface area contributed by atoms with Crippen LogP contribution in [0.25, 0.3) is 17.2 Å². The summed E-state index contributed by atoms with van der Waals surface area (Å²) < 4.78 is 77.6. The van der Waals surface area contributed by atoms with Crippen molar-refractivity contribution in [1.29, 1.82) is 0 Å². The van der Waals surface area contributed by atoms with E-state index in [2.05, 4.69) is 20.1 Å². The second-order valence-corrected chi connectivity index (χ2v) is 4.96. The summed E-state index contributed by atoms with van der Waals surface area (Å²) in [5.41, 5.74) is -3.02. The Morgan fingerprint density at radius 1 is 0.958 bits per heavy atom. The van der Waals surface area contributed by atoms with E-state index in [4.69, 9.17) is 11.6 Å². The van der Waals surface area contributed by atoms with E-state index in [-0.39, 0.29) is 11.4 Å². The average Bonchev–Trinajstić information content (AvgIpc) is 2.92. The average molecular weight is 368 g/mol. The molecule has 0 aromatic carbocycles. The highest BCUT2D eigenvalue weighted by molar-refractivity contribution is 6.33. The molecule has 0 N–H and O–H groups in total. The number of hydrogen-bond acceptors (Lipinski definition) is 4. The van der Waals surface area contributed by atoms with Gasteiger partial charge in [-0.25, -0.2) is 4.98 Å². The van der Waals surface area contributed by atoms with Crippen LogP contribution in [0.2, 0.25) is 5.02 Å². The van der Waals surface area contributed by atoms with Crippen LogP contribution < -0.4 is 0 Å². The van der Waals surface area contributed by atoms with E-state index in [9.17, 15) is 26.3 Å². The molecule has 0 unspecified atom stereocenters. The molecule has 5 nitrogen and oxygen atoms in total. The van der Waals surface area contributed by atoms with Gasteiger partial charge in [0.25, 0.3) is 5.78 Å². The number of hydrogen-bond donors (Lipinski definition) is 0. The van der Waals surface area contributed by atoms with Crippen LogP contribution in [0.15, 0.2) is 24.7 Å². The highest BCUT2D eigenvalue weighted by atomic mass is 35.5. The Labute approximate surface area is 133 Å². The Kier molecular flexibility index (Phi) is 3.62. The fraction of sp³-hybridized carbons (Fsp3) is 0.167. The fourth-order valence-corrected chi connectivity index (χ4v) is 2.17. The van der Waals surface area contributed by atoms with Gasteiger partial charge in [-0.1, -0.05) is 11.6 Å². The summed E-state index contributed by atoms with van der Waals surface area (Å²) in [5.74, 6) is -0.391. The van der Waals surface area contributed by atoms with Gasteiger partial charge in [0.05, 0.1) is 16.3 Å². The van der Waals surface area contributed by atoms with E-state index >= 15 is 0 Å². The second kappa shape index (κ2) is 5.30. The first-order valence-electron chi connectivity index (χ1n) is 6.08. The van der Waals surface area contributed by atoms with Crippen LogP contribution in [-0.4, -0.2) is 24.6 Å². The Morgan fingerprint density at radius 3 is 2.25 bits per heavy atom. The lowest BCUT2D eigenvalue weighted by molar-refractivity contribution is -0.141. The summed E-state index contributed by atoms with van der Waals surface area (Å²) in [6.07, 6.45) is -8.06. The zero-order valence-corrected chi connectivity index (χ0v) is 11.9. The number of rotatable bonds is 1. The fourth-order valence-electron chi connectivity index (χ4n) is 1.91. The van der Waals surface area contributed by atoms with Crippen molar-refractivity contribution in [3.05, 3.63) is 40.9 Å². The topological polar surface area (TPSA) is 56.0 Å². The molecular weight excluding hydrogens is 364 g/mol. The van der Waals surface area contributed by atoms with Crippen molar-refractivity contribution in [2.45, 2.75) is 12.4 Å². The zero-order chi connectivity index (χ0) is 17.7. The minimum Gasteiger partial charge on any atom is -0.252 e. The number of halogens is 7. The van der Waals surface area contributed by atoms with Gasteiger partial charge in [-0.05, 0) is 12.1 Å². The molecule has 3 aromatic heterocycles. The maximum absolute atomic E-state index is 12.9. The van der Waals surface area contributed by atoms with Crippen molar-refractivity contribution in [1.82, 2.24) is 24.6 Å². The minimum atomic E-state index is -4.79. The van der Waals surface area contributed by atoms with Gasteiger partial charge in [-0.15, -0.1) is 0 Å². The molecule has 0 saturated heterocycles. The lowest BCUT2D eigenvalue weighted by Gasteiger charge is -2.12. The first-order chi connectivity index (χ1) is 11.1. The van der Waals surface area contributed by atoms with Crippen molar-refractivity contribution < 1.29 is 26.3 Å². The molecule has 0 spiro atoms. The molecule has 0 aliphatic rings. The quantitative estimate of drug-likeness (QED) is 0.613. The van der Waals surface area contributed by atoms with E-state index < -0.39 is 34.4 Å². The van der Waals surface area contributed by atoms with Gasteiger partial charge in [0.15, 0.2) is 5.69 Å².